The predicted octanol–water partition coefficient (Wildman–Crippen LogP) is 5.73. The molecule has 0 aliphatic heterocycles. The van der Waals surface area contributed by atoms with Crippen molar-refractivity contribution in [1.29, 1.82) is 0 Å². The minimum atomic E-state index is -1.15. The van der Waals surface area contributed by atoms with Crippen molar-refractivity contribution in [3.63, 3.8) is 0 Å². The summed E-state index contributed by atoms with van der Waals surface area (Å²) < 4.78 is 10.6. The second-order valence-electron chi connectivity index (χ2n) is 8.95. The van der Waals surface area contributed by atoms with Crippen molar-refractivity contribution >= 4 is 29.8 Å². The van der Waals surface area contributed by atoms with Crippen molar-refractivity contribution in [2.45, 2.75) is 37.8 Å². The molecule has 1 atom stereocenters. The number of aliphatic carboxylic acids is 1. The molecule has 8 nitrogen and oxygen atoms in total. The van der Waals surface area contributed by atoms with E-state index in [-0.39, 0.29) is 25.6 Å². The number of alkyl carbamates (subject to hydrolysis) is 2. The van der Waals surface area contributed by atoms with Crippen molar-refractivity contribution < 1.29 is 29.0 Å². The number of unbranched alkanes of at least 4 members (excludes halogenated alkanes) is 1. The lowest BCUT2D eigenvalue weighted by molar-refractivity contribution is -0.139. The van der Waals surface area contributed by atoms with E-state index in [1.165, 1.54) is 0 Å². The van der Waals surface area contributed by atoms with Crippen molar-refractivity contribution in [3.05, 3.63) is 94.5 Å². The summed E-state index contributed by atoms with van der Waals surface area (Å²) >= 11 is 6.04. The monoisotopic (exact) mass is 536 g/mol. The van der Waals surface area contributed by atoms with E-state index >= 15 is 0 Å². The Bertz CT molecular complexity index is 1250. The number of ether oxygens (including phenoxy) is 2. The van der Waals surface area contributed by atoms with E-state index in [2.05, 4.69) is 10.6 Å². The normalized spacial score (nSPS) is 12.7. The minimum Gasteiger partial charge on any atom is -0.480 e. The topological polar surface area (TPSA) is 114 Å². The smallest absolute Gasteiger partial charge is 0.407 e. The fourth-order valence-electron chi connectivity index (χ4n) is 4.51. The molecule has 1 aliphatic carbocycles. The van der Waals surface area contributed by atoms with Gasteiger partial charge in [-0.25, -0.2) is 14.4 Å². The molecule has 0 bridgehead atoms. The third-order valence-corrected chi connectivity index (χ3v) is 6.81. The summed E-state index contributed by atoms with van der Waals surface area (Å²) in [6.07, 6.45) is -0.199. The van der Waals surface area contributed by atoms with E-state index in [0.717, 1.165) is 22.3 Å². The van der Waals surface area contributed by atoms with E-state index in [1.807, 2.05) is 48.5 Å². The van der Waals surface area contributed by atoms with Crippen LogP contribution >= 0.6 is 11.6 Å². The number of hydrogen-bond acceptors (Lipinski definition) is 5. The molecular formula is C29H29ClN2O6. The summed E-state index contributed by atoms with van der Waals surface area (Å²) in [6, 6.07) is 21.9. The molecule has 0 radical (unpaired) electrons. The zero-order chi connectivity index (χ0) is 26.9. The molecule has 0 heterocycles. The van der Waals surface area contributed by atoms with Crippen LogP contribution in [0.4, 0.5) is 9.59 Å². The largest absolute Gasteiger partial charge is 0.480 e. The molecule has 0 saturated heterocycles. The number of carboxylic acids is 1. The van der Waals surface area contributed by atoms with Gasteiger partial charge in [0, 0.05) is 23.0 Å². The second kappa shape index (κ2) is 13.0. The van der Waals surface area contributed by atoms with Gasteiger partial charge in [-0.2, -0.15) is 0 Å². The molecular weight excluding hydrogens is 508 g/mol. The zero-order valence-corrected chi connectivity index (χ0v) is 21.4. The van der Waals surface area contributed by atoms with Crippen LogP contribution in [0.2, 0.25) is 5.02 Å². The Balaban J connectivity index is 1.18. The average Bonchev–Trinajstić information content (AvgIpc) is 3.24. The summed E-state index contributed by atoms with van der Waals surface area (Å²) in [6.45, 7) is 0.460. The minimum absolute atomic E-state index is 0.0522. The Morgan fingerprint density at radius 2 is 1.47 bits per heavy atom. The zero-order valence-electron chi connectivity index (χ0n) is 20.7. The van der Waals surface area contributed by atoms with Crippen LogP contribution in [0.1, 0.15) is 41.9 Å². The molecule has 0 saturated carbocycles. The lowest BCUT2D eigenvalue weighted by atomic mass is 9.98. The molecule has 1 aliphatic rings. The Hall–Kier alpha value is -4.04. The lowest BCUT2D eigenvalue weighted by Gasteiger charge is -2.17. The number of halogens is 1. The fourth-order valence-corrected chi connectivity index (χ4v) is 4.70. The first kappa shape index (κ1) is 27.0. The Labute approximate surface area is 225 Å². The third-order valence-electron chi connectivity index (χ3n) is 6.44. The van der Waals surface area contributed by atoms with Crippen LogP contribution in [0.5, 0.6) is 0 Å². The first-order valence-corrected chi connectivity index (χ1v) is 12.8. The molecule has 3 N–H and O–H groups in total. The second-order valence-corrected chi connectivity index (χ2v) is 9.36. The Kier molecular flexibility index (Phi) is 9.21. The Morgan fingerprint density at radius 3 is 2.13 bits per heavy atom. The van der Waals surface area contributed by atoms with Crippen LogP contribution < -0.4 is 10.6 Å². The van der Waals surface area contributed by atoms with E-state index < -0.39 is 24.2 Å². The number of nitrogens with one attached hydrogen (secondary N) is 2. The standard InChI is InChI=1S/C29H29ClN2O6/c30-25-14-6-1-9-19(25)17-37-28(35)31-16-8-7-15-26(27(33)34)32-29(36)38-18-24-22-12-4-2-10-20(22)21-11-3-5-13-23(21)24/h1-6,9-14,24,26H,7-8,15-18H2,(H,31,35)(H,32,36)(H,33,34). The molecule has 2 amide bonds. The molecule has 3 aromatic carbocycles. The van der Waals surface area contributed by atoms with Crippen molar-refractivity contribution in [2.75, 3.05) is 13.2 Å². The van der Waals surface area contributed by atoms with Crippen LogP contribution in [-0.2, 0) is 20.9 Å². The molecule has 3 aromatic rings. The van der Waals surface area contributed by atoms with Crippen molar-refractivity contribution in [1.82, 2.24) is 10.6 Å². The first-order valence-electron chi connectivity index (χ1n) is 12.4. The number of fused-ring (bicyclic) bond motifs is 3. The van der Waals surface area contributed by atoms with E-state index in [0.29, 0.717) is 30.0 Å². The van der Waals surface area contributed by atoms with Crippen LogP contribution in [0.15, 0.2) is 72.8 Å². The van der Waals surface area contributed by atoms with Gasteiger partial charge in [0.2, 0.25) is 0 Å². The molecule has 0 aromatic heterocycles. The number of benzene rings is 3. The third kappa shape index (κ3) is 6.83. The summed E-state index contributed by atoms with van der Waals surface area (Å²) in [5, 5.41) is 15.1. The van der Waals surface area contributed by atoms with Gasteiger partial charge in [0.1, 0.15) is 19.3 Å². The summed E-state index contributed by atoms with van der Waals surface area (Å²) in [4.78, 5) is 36.0. The molecule has 1 unspecified atom stereocenters. The number of carboxylic acid groups (broad SMARTS) is 1. The number of rotatable bonds is 11. The lowest BCUT2D eigenvalue weighted by Crippen LogP contribution is -2.41. The molecule has 0 fully saturated rings. The summed E-state index contributed by atoms with van der Waals surface area (Å²) in [7, 11) is 0. The molecule has 198 valence electrons. The van der Waals surface area contributed by atoms with Gasteiger partial charge < -0.3 is 25.2 Å². The highest BCUT2D eigenvalue weighted by Crippen LogP contribution is 2.44. The number of hydrogen-bond donors (Lipinski definition) is 3. The number of amides is 2. The first-order chi connectivity index (χ1) is 18.4. The van der Waals surface area contributed by atoms with Gasteiger partial charge >= 0.3 is 18.2 Å². The van der Waals surface area contributed by atoms with Gasteiger partial charge in [0.25, 0.3) is 0 Å². The molecule has 4 rings (SSSR count). The van der Waals surface area contributed by atoms with Crippen LogP contribution in [0, 0.1) is 0 Å². The Morgan fingerprint density at radius 1 is 0.842 bits per heavy atom. The maximum atomic E-state index is 12.5. The van der Waals surface area contributed by atoms with Gasteiger partial charge in [0.15, 0.2) is 0 Å². The van der Waals surface area contributed by atoms with Gasteiger partial charge in [-0.3, -0.25) is 0 Å². The quantitative estimate of drug-likeness (QED) is 0.270. The maximum Gasteiger partial charge on any atom is 0.407 e. The van der Waals surface area contributed by atoms with Crippen molar-refractivity contribution in [3.8, 4) is 11.1 Å². The van der Waals surface area contributed by atoms with Gasteiger partial charge in [-0.1, -0.05) is 78.3 Å². The molecule has 0 spiro atoms. The van der Waals surface area contributed by atoms with Crippen LogP contribution in [-0.4, -0.2) is 42.5 Å². The summed E-state index contributed by atoms with van der Waals surface area (Å²) in [5.74, 6) is -1.26. The average molecular weight is 537 g/mol. The number of carbonyl (C=O) groups excluding carboxylic acids is 2. The highest BCUT2D eigenvalue weighted by atomic mass is 35.5. The highest BCUT2D eigenvalue weighted by Gasteiger charge is 2.29. The maximum absolute atomic E-state index is 12.5. The van der Waals surface area contributed by atoms with E-state index in [1.54, 1.807) is 24.3 Å². The van der Waals surface area contributed by atoms with Crippen LogP contribution in [0.25, 0.3) is 11.1 Å². The molecule has 38 heavy (non-hydrogen) atoms. The molecule has 9 heteroatoms. The predicted molar refractivity (Wildman–Crippen MR) is 143 cm³/mol. The van der Waals surface area contributed by atoms with Crippen molar-refractivity contribution in [2.24, 2.45) is 0 Å². The van der Waals surface area contributed by atoms with E-state index in [4.69, 9.17) is 21.1 Å². The van der Waals surface area contributed by atoms with Gasteiger partial charge in [0.05, 0.1) is 0 Å². The SMILES string of the molecule is O=C(NCCCCC(NC(=O)OCC1c2ccccc2-c2ccccc21)C(=O)O)OCc1ccccc1Cl. The fraction of sp³-hybridized carbons (Fsp3) is 0.276. The van der Waals surface area contributed by atoms with E-state index in [9.17, 15) is 19.5 Å². The van der Waals surface area contributed by atoms with Gasteiger partial charge in [-0.15, -0.1) is 0 Å². The summed E-state index contributed by atoms with van der Waals surface area (Å²) in [5.41, 5.74) is 5.08. The highest BCUT2D eigenvalue weighted by molar-refractivity contribution is 6.31. The van der Waals surface area contributed by atoms with Crippen LogP contribution in [0.3, 0.4) is 0 Å². The number of carbonyl (C=O) groups is 3. The van der Waals surface area contributed by atoms with Gasteiger partial charge in [-0.05, 0) is 47.6 Å².